The van der Waals surface area contributed by atoms with Gasteiger partial charge in [0, 0.05) is 13.0 Å². The van der Waals surface area contributed by atoms with Gasteiger partial charge in [0.1, 0.15) is 6.04 Å². The second-order valence-corrected chi connectivity index (χ2v) is 11.3. The minimum Gasteiger partial charge on any atom is -0.453 e. The van der Waals surface area contributed by atoms with Gasteiger partial charge in [0.05, 0.1) is 19.7 Å². The Bertz CT molecular complexity index is 1390. The molecule has 0 saturated heterocycles. The molecule has 0 spiro atoms. The minimum absolute atomic E-state index is 0.118. The monoisotopic (exact) mass is 588 g/mol. The van der Waals surface area contributed by atoms with E-state index in [4.69, 9.17) is 4.74 Å². The zero-order valence-electron chi connectivity index (χ0n) is 24.8. The molecule has 1 aliphatic carbocycles. The van der Waals surface area contributed by atoms with Gasteiger partial charge in [-0.25, -0.2) is 14.9 Å². The summed E-state index contributed by atoms with van der Waals surface area (Å²) in [6.07, 6.45) is 0.338. The summed E-state index contributed by atoms with van der Waals surface area (Å²) in [5.74, 6) is -1.72. The predicted molar refractivity (Wildman–Crippen MR) is 160 cm³/mol. The molecule has 43 heavy (non-hydrogen) atoms. The fourth-order valence-corrected chi connectivity index (χ4v) is 5.48. The van der Waals surface area contributed by atoms with Crippen LogP contribution in [0.2, 0.25) is 0 Å². The average Bonchev–Trinajstić information content (AvgIpc) is 3.44. The van der Waals surface area contributed by atoms with Gasteiger partial charge in [-0.1, -0.05) is 98.8 Å². The van der Waals surface area contributed by atoms with E-state index in [9.17, 15) is 24.7 Å². The van der Waals surface area contributed by atoms with Crippen LogP contribution in [0.1, 0.15) is 48.6 Å². The van der Waals surface area contributed by atoms with E-state index in [2.05, 4.69) is 10.7 Å². The highest BCUT2D eigenvalue weighted by molar-refractivity contribution is 5.86. The standard InChI is InChI=1S/C33H40N4O6/c1-23(2)29(34-32(40)43-3)30(38)35-36(21-25-14-8-5-9-15-25)22-33(41,20-24-12-6-4-7-13-24)31(39)37(42)28-19-18-26-16-10-11-17-27(26)28/h4-17,23,28-29,41-42H,18-22H2,1-3H3,(H,34,40)(H,35,38). The summed E-state index contributed by atoms with van der Waals surface area (Å²) in [5, 5.41) is 28.1. The topological polar surface area (TPSA) is 131 Å². The Morgan fingerprint density at radius 2 is 1.56 bits per heavy atom. The normalized spacial score (nSPS) is 16.2. The number of rotatable bonds is 12. The minimum atomic E-state index is -2.14. The quantitative estimate of drug-likeness (QED) is 0.187. The van der Waals surface area contributed by atoms with Gasteiger partial charge >= 0.3 is 6.09 Å². The highest BCUT2D eigenvalue weighted by Crippen LogP contribution is 2.36. The lowest BCUT2D eigenvalue weighted by Crippen LogP contribution is -2.61. The molecular weight excluding hydrogens is 548 g/mol. The third kappa shape index (κ3) is 7.98. The lowest BCUT2D eigenvalue weighted by molar-refractivity contribution is -0.199. The molecule has 3 amide bonds. The molecule has 0 fully saturated rings. The molecule has 1 aliphatic rings. The number of amides is 3. The second kappa shape index (κ2) is 14.3. The molecule has 3 aromatic rings. The number of hydrogen-bond acceptors (Lipinski definition) is 7. The fraction of sp³-hybridized carbons (Fsp3) is 0.364. The first-order chi connectivity index (χ1) is 20.6. The number of carbonyl (C=O) groups is 3. The molecule has 228 valence electrons. The van der Waals surface area contributed by atoms with Crippen LogP contribution >= 0.6 is 0 Å². The Balaban J connectivity index is 1.66. The predicted octanol–water partition coefficient (Wildman–Crippen LogP) is 3.78. The number of nitrogens with zero attached hydrogens (tertiary/aromatic N) is 2. The van der Waals surface area contributed by atoms with Crippen molar-refractivity contribution in [3.63, 3.8) is 0 Å². The molecular formula is C33H40N4O6. The van der Waals surface area contributed by atoms with Gasteiger partial charge in [0.2, 0.25) is 0 Å². The largest absolute Gasteiger partial charge is 0.453 e. The molecule has 0 aliphatic heterocycles. The van der Waals surface area contributed by atoms with Crippen molar-refractivity contribution in [2.45, 2.75) is 57.3 Å². The molecule has 3 atom stereocenters. The van der Waals surface area contributed by atoms with E-state index in [0.717, 1.165) is 16.7 Å². The van der Waals surface area contributed by atoms with E-state index in [0.29, 0.717) is 23.5 Å². The third-order valence-electron chi connectivity index (χ3n) is 7.69. The van der Waals surface area contributed by atoms with Crippen molar-refractivity contribution in [3.05, 3.63) is 107 Å². The van der Waals surface area contributed by atoms with Crippen molar-refractivity contribution < 1.29 is 29.4 Å². The SMILES string of the molecule is COC(=O)NC(C(=O)NN(Cc1ccccc1)CC(O)(Cc1ccccc1)C(=O)N(O)C1CCc2ccccc21)C(C)C. The van der Waals surface area contributed by atoms with E-state index in [1.807, 2.05) is 60.7 Å². The Morgan fingerprint density at radius 1 is 0.953 bits per heavy atom. The van der Waals surface area contributed by atoms with Crippen LogP contribution in [0.25, 0.3) is 0 Å². The van der Waals surface area contributed by atoms with Crippen LogP contribution in [-0.2, 0) is 33.7 Å². The average molecular weight is 589 g/mol. The van der Waals surface area contributed by atoms with Crippen LogP contribution in [0.15, 0.2) is 84.9 Å². The van der Waals surface area contributed by atoms with Gasteiger partial charge in [-0.3, -0.25) is 20.2 Å². The van der Waals surface area contributed by atoms with Gasteiger partial charge in [-0.15, -0.1) is 0 Å². The first-order valence-electron chi connectivity index (χ1n) is 14.4. The maximum atomic E-state index is 14.1. The molecule has 10 heteroatoms. The van der Waals surface area contributed by atoms with E-state index < -0.39 is 35.6 Å². The van der Waals surface area contributed by atoms with E-state index in [-0.39, 0.29) is 25.4 Å². The van der Waals surface area contributed by atoms with Crippen LogP contribution in [-0.4, -0.2) is 63.6 Å². The first-order valence-corrected chi connectivity index (χ1v) is 14.4. The van der Waals surface area contributed by atoms with Crippen molar-refractivity contribution in [1.29, 1.82) is 0 Å². The summed E-state index contributed by atoms with van der Waals surface area (Å²) in [5.41, 5.74) is 4.04. The summed E-state index contributed by atoms with van der Waals surface area (Å²) < 4.78 is 4.70. The molecule has 0 bridgehead atoms. The Kier molecular flexibility index (Phi) is 10.5. The summed E-state index contributed by atoms with van der Waals surface area (Å²) >= 11 is 0. The molecule has 4 N–H and O–H groups in total. The van der Waals surface area contributed by atoms with Crippen LogP contribution < -0.4 is 10.7 Å². The zero-order chi connectivity index (χ0) is 31.0. The van der Waals surface area contributed by atoms with Crippen LogP contribution in [0.5, 0.6) is 0 Å². The van der Waals surface area contributed by atoms with E-state index >= 15 is 0 Å². The van der Waals surface area contributed by atoms with Crippen molar-refractivity contribution in [2.75, 3.05) is 13.7 Å². The summed E-state index contributed by atoms with van der Waals surface area (Å²) in [6.45, 7) is 3.34. The number of carbonyl (C=O) groups excluding carboxylic acids is 3. The molecule has 10 nitrogen and oxygen atoms in total. The number of hydroxylamine groups is 2. The number of hydrazine groups is 1. The number of benzene rings is 3. The van der Waals surface area contributed by atoms with Crippen molar-refractivity contribution in [2.24, 2.45) is 5.92 Å². The Labute approximate surface area is 252 Å². The van der Waals surface area contributed by atoms with Gasteiger partial charge in [0.25, 0.3) is 11.8 Å². The van der Waals surface area contributed by atoms with Crippen molar-refractivity contribution in [1.82, 2.24) is 20.8 Å². The number of aliphatic hydroxyl groups is 1. The van der Waals surface area contributed by atoms with Gasteiger partial charge in [-0.05, 0) is 41.0 Å². The molecule has 0 radical (unpaired) electrons. The molecule has 0 heterocycles. The van der Waals surface area contributed by atoms with E-state index in [1.165, 1.54) is 12.1 Å². The maximum absolute atomic E-state index is 14.1. The molecule has 4 rings (SSSR count). The third-order valence-corrected chi connectivity index (χ3v) is 7.69. The number of ether oxygens (including phenoxy) is 1. The fourth-order valence-electron chi connectivity index (χ4n) is 5.48. The van der Waals surface area contributed by atoms with E-state index in [1.54, 1.807) is 38.1 Å². The molecule has 0 saturated carbocycles. The zero-order valence-corrected chi connectivity index (χ0v) is 24.8. The number of alkyl carbamates (subject to hydrolysis) is 1. The summed E-state index contributed by atoms with van der Waals surface area (Å²) in [6, 6.07) is 24.4. The smallest absolute Gasteiger partial charge is 0.407 e. The number of methoxy groups -OCH3 is 1. The maximum Gasteiger partial charge on any atom is 0.407 e. The number of aryl methyl sites for hydroxylation is 1. The molecule has 3 unspecified atom stereocenters. The lowest BCUT2D eigenvalue weighted by atomic mass is 9.92. The Morgan fingerprint density at radius 3 is 2.19 bits per heavy atom. The highest BCUT2D eigenvalue weighted by atomic mass is 16.5. The molecule has 0 aromatic heterocycles. The summed E-state index contributed by atoms with van der Waals surface area (Å²) in [7, 11) is 1.21. The van der Waals surface area contributed by atoms with Crippen LogP contribution in [0.4, 0.5) is 4.79 Å². The highest BCUT2D eigenvalue weighted by Gasteiger charge is 2.45. The lowest BCUT2D eigenvalue weighted by Gasteiger charge is -2.37. The number of fused-ring (bicyclic) bond motifs is 1. The Hall–Kier alpha value is -4.25. The second-order valence-electron chi connectivity index (χ2n) is 11.3. The number of hydrogen-bond donors (Lipinski definition) is 4. The van der Waals surface area contributed by atoms with Gasteiger partial charge in [0.15, 0.2) is 5.60 Å². The van der Waals surface area contributed by atoms with Crippen molar-refractivity contribution in [3.8, 4) is 0 Å². The van der Waals surface area contributed by atoms with Gasteiger partial charge < -0.3 is 15.2 Å². The number of nitrogens with one attached hydrogen (secondary N) is 2. The summed E-state index contributed by atoms with van der Waals surface area (Å²) in [4.78, 5) is 39.5. The van der Waals surface area contributed by atoms with Crippen LogP contribution in [0, 0.1) is 5.92 Å². The van der Waals surface area contributed by atoms with Crippen molar-refractivity contribution >= 4 is 17.9 Å². The van der Waals surface area contributed by atoms with Gasteiger partial charge in [-0.2, -0.15) is 0 Å². The molecule has 3 aromatic carbocycles. The van der Waals surface area contributed by atoms with Crippen LogP contribution in [0.3, 0.4) is 0 Å². The first kappa shape index (κ1) is 31.7.